The molecule has 0 amide bonds. The summed E-state index contributed by atoms with van der Waals surface area (Å²) in [6, 6.07) is 12.0. The quantitative estimate of drug-likeness (QED) is 0.891. The van der Waals surface area contributed by atoms with E-state index >= 15 is 0 Å². The van der Waals surface area contributed by atoms with E-state index in [0.29, 0.717) is 0 Å². The zero-order valence-electron chi connectivity index (χ0n) is 11.5. The van der Waals surface area contributed by atoms with Gasteiger partial charge in [0, 0.05) is 12.2 Å². The van der Waals surface area contributed by atoms with Crippen molar-refractivity contribution in [1.29, 1.82) is 0 Å². The molecule has 3 heteroatoms. The van der Waals surface area contributed by atoms with Gasteiger partial charge < -0.3 is 10.5 Å². The number of hydrogen-bond acceptors (Lipinski definition) is 3. The Morgan fingerprint density at radius 2 is 1.89 bits per heavy atom. The van der Waals surface area contributed by atoms with E-state index in [1.807, 2.05) is 37.3 Å². The number of aryl methyl sites for hydroxylation is 1. The highest BCUT2D eigenvalue weighted by atomic mass is 16.5. The molecule has 1 atom stereocenters. The number of para-hydroxylation sites is 1. The van der Waals surface area contributed by atoms with Crippen molar-refractivity contribution in [2.24, 2.45) is 5.73 Å². The van der Waals surface area contributed by atoms with Crippen LogP contribution >= 0.6 is 0 Å². The fourth-order valence-corrected chi connectivity index (χ4v) is 1.89. The molecule has 1 heterocycles. The average molecular weight is 256 g/mol. The first-order valence-corrected chi connectivity index (χ1v) is 6.63. The van der Waals surface area contributed by atoms with Crippen molar-refractivity contribution >= 4 is 0 Å². The van der Waals surface area contributed by atoms with Crippen molar-refractivity contribution in [3.8, 4) is 11.5 Å². The Balaban J connectivity index is 2.23. The maximum Gasteiger partial charge on any atom is 0.148 e. The molecule has 19 heavy (non-hydrogen) atoms. The van der Waals surface area contributed by atoms with Gasteiger partial charge in [0.1, 0.15) is 11.5 Å². The minimum atomic E-state index is 0.166. The Kier molecular flexibility index (Phi) is 4.53. The van der Waals surface area contributed by atoms with Gasteiger partial charge in [-0.2, -0.15) is 0 Å². The number of aromatic nitrogens is 1. The van der Waals surface area contributed by atoms with Gasteiger partial charge in [-0.05, 0) is 43.5 Å². The molecule has 0 fully saturated rings. The second kappa shape index (κ2) is 6.34. The molecule has 2 N–H and O–H groups in total. The molecule has 0 saturated heterocycles. The predicted octanol–water partition coefficient (Wildman–Crippen LogP) is 3.46. The third-order valence-corrected chi connectivity index (χ3v) is 3.16. The third kappa shape index (κ3) is 3.55. The maximum absolute atomic E-state index is 6.03. The summed E-state index contributed by atoms with van der Waals surface area (Å²) in [6.45, 7) is 4.04. The van der Waals surface area contributed by atoms with Gasteiger partial charge in [0.15, 0.2) is 0 Å². The van der Waals surface area contributed by atoms with E-state index in [0.717, 1.165) is 35.6 Å². The van der Waals surface area contributed by atoms with Crippen molar-refractivity contribution in [2.75, 3.05) is 0 Å². The Morgan fingerprint density at radius 3 is 2.63 bits per heavy atom. The van der Waals surface area contributed by atoms with Gasteiger partial charge in [0.2, 0.25) is 0 Å². The molecule has 0 aliphatic rings. The maximum atomic E-state index is 6.03. The van der Waals surface area contributed by atoms with Crippen LogP contribution in [0.4, 0.5) is 0 Å². The zero-order valence-corrected chi connectivity index (χ0v) is 11.5. The summed E-state index contributed by atoms with van der Waals surface area (Å²) in [5.41, 5.74) is 8.05. The van der Waals surface area contributed by atoms with Gasteiger partial charge >= 0.3 is 0 Å². The van der Waals surface area contributed by atoms with Crippen LogP contribution in [0, 0.1) is 6.92 Å². The predicted molar refractivity (Wildman–Crippen MR) is 77.5 cm³/mol. The smallest absolute Gasteiger partial charge is 0.148 e. The largest absolute Gasteiger partial charge is 0.455 e. The Labute approximate surface area is 114 Å². The topological polar surface area (TPSA) is 48.1 Å². The van der Waals surface area contributed by atoms with E-state index < -0.39 is 0 Å². The molecular weight excluding hydrogens is 236 g/mol. The molecular formula is C16H20N2O. The van der Waals surface area contributed by atoms with Gasteiger partial charge in [0.05, 0.1) is 5.69 Å². The van der Waals surface area contributed by atoms with E-state index in [-0.39, 0.29) is 6.04 Å². The standard InChI is InChI=1S/C16H20N2O/c1-3-14(17)11-13-7-4-5-8-16(13)19-15-9-6-10-18-12(15)2/h4-10,14H,3,11,17H2,1-2H3. The lowest BCUT2D eigenvalue weighted by atomic mass is 10.0. The second-order valence-corrected chi connectivity index (χ2v) is 4.67. The SMILES string of the molecule is CCC(N)Cc1ccccc1Oc1cccnc1C. The van der Waals surface area contributed by atoms with Crippen molar-refractivity contribution < 1.29 is 4.74 Å². The minimum absolute atomic E-state index is 0.166. The number of benzene rings is 1. The number of pyridine rings is 1. The summed E-state index contributed by atoms with van der Waals surface area (Å²) in [7, 11) is 0. The molecule has 0 aliphatic carbocycles. The molecule has 2 rings (SSSR count). The van der Waals surface area contributed by atoms with Gasteiger partial charge in [-0.3, -0.25) is 4.98 Å². The fraction of sp³-hybridized carbons (Fsp3) is 0.312. The fourth-order valence-electron chi connectivity index (χ4n) is 1.89. The lowest BCUT2D eigenvalue weighted by Crippen LogP contribution is -2.21. The molecule has 0 spiro atoms. The van der Waals surface area contributed by atoms with Crippen LogP contribution in [-0.2, 0) is 6.42 Å². The van der Waals surface area contributed by atoms with Crippen LogP contribution in [-0.4, -0.2) is 11.0 Å². The minimum Gasteiger partial charge on any atom is -0.455 e. The van der Waals surface area contributed by atoms with E-state index in [1.54, 1.807) is 6.20 Å². The first kappa shape index (κ1) is 13.6. The molecule has 0 aliphatic heterocycles. The van der Waals surface area contributed by atoms with Crippen LogP contribution in [0.25, 0.3) is 0 Å². The number of nitrogens with two attached hydrogens (primary N) is 1. The summed E-state index contributed by atoms with van der Waals surface area (Å²) in [4.78, 5) is 4.23. The highest BCUT2D eigenvalue weighted by Crippen LogP contribution is 2.27. The van der Waals surface area contributed by atoms with Crippen LogP contribution in [0.15, 0.2) is 42.6 Å². The summed E-state index contributed by atoms with van der Waals surface area (Å²) in [6.07, 6.45) is 3.55. The van der Waals surface area contributed by atoms with Crippen molar-refractivity contribution in [1.82, 2.24) is 4.98 Å². The molecule has 0 saturated carbocycles. The summed E-state index contributed by atoms with van der Waals surface area (Å²) in [5.74, 6) is 1.66. The normalized spacial score (nSPS) is 12.2. The molecule has 100 valence electrons. The number of nitrogens with zero attached hydrogens (tertiary/aromatic N) is 1. The Hall–Kier alpha value is -1.87. The molecule has 1 unspecified atom stereocenters. The highest BCUT2D eigenvalue weighted by Gasteiger charge is 2.09. The van der Waals surface area contributed by atoms with Crippen LogP contribution in [0.1, 0.15) is 24.6 Å². The first-order valence-electron chi connectivity index (χ1n) is 6.63. The molecule has 1 aromatic heterocycles. The van der Waals surface area contributed by atoms with Crippen molar-refractivity contribution in [2.45, 2.75) is 32.7 Å². The molecule has 2 aromatic rings. The molecule has 1 aromatic carbocycles. The Bertz CT molecular complexity index is 540. The van der Waals surface area contributed by atoms with E-state index in [9.17, 15) is 0 Å². The zero-order chi connectivity index (χ0) is 13.7. The van der Waals surface area contributed by atoms with Crippen LogP contribution in [0.5, 0.6) is 11.5 Å². The average Bonchev–Trinajstić information content (AvgIpc) is 2.43. The summed E-state index contributed by atoms with van der Waals surface area (Å²) < 4.78 is 5.97. The van der Waals surface area contributed by atoms with Gasteiger partial charge in [0.25, 0.3) is 0 Å². The summed E-state index contributed by atoms with van der Waals surface area (Å²) >= 11 is 0. The van der Waals surface area contributed by atoms with E-state index in [4.69, 9.17) is 10.5 Å². The highest BCUT2D eigenvalue weighted by molar-refractivity contribution is 5.39. The number of ether oxygens (including phenoxy) is 1. The van der Waals surface area contributed by atoms with Crippen molar-refractivity contribution in [3.63, 3.8) is 0 Å². The van der Waals surface area contributed by atoms with E-state index in [2.05, 4.69) is 18.0 Å². The number of hydrogen-bond donors (Lipinski definition) is 1. The number of rotatable bonds is 5. The third-order valence-electron chi connectivity index (χ3n) is 3.16. The van der Waals surface area contributed by atoms with Crippen LogP contribution in [0.2, 0.25) is 0 Å². The molecule has 0 bridgehead atoms. The van der Waals surface area contributed by atoms with Gasteiger partial charge in [-0.1, -0.05) is 25.1 Å². The molecule has 0 radical (unpaired) electrons. The van der Waals surface area contributed by atoms with Crippen LogP contribution < -0.4 is 10.5 Å². The lowest BCUT2D eigenvalue weighted by Gasteiger charge is -2.14. The van der Waals surface area contributed by atoms with E-state index in [1.165, 1.54) is 0 Å². The van der Waals surface area contributed by atoms with Crippen LogP contribution in [0.3, 0.4) is 0 Å². The molecule has 3 nitrogen and oxygen atoms in total. The second-order valence-electron chi connectivity index (χ2n) is 4.67. The Morgan fingerprint density at radius 1 is 1.16 bits per heavy atom. The lowest BCUT2D eigenvalue weighted by molar-refractivity contribution is 0.466. The van der Waals surface area contributed by atoms with Gasteiger partial charge in [-0.25, -0.2) is 0 Å². The first-order chi connectivity index (χ1) is 9.20. The monoisotopic (exact) mass is 256 g/mol. The van der Waals surface area contributed by atoms with Crippen molar-refractivity contribution in [3.05, 3.63) is 53.9 Å². The summed E-state index contributed by atoms with van der Waals surface area (Å²) in [5, 5.41) is 0. The van der Waals surface area contributed by atoms with Gasteiger partial charge in [-0.15, -0.1) is 0 Å².